The van der Waals surface area contributed by atoms with Crippen LogP contribution in [0.15, 0.2) is 48.5 Å². The third kappa shape index (κ3) is 4.47. The molecule has 3 N–H and O–H groups in total. The summed E-state index contributed by atoms with van der Waals surface area (Å²) in [7, 11) is 0. The molecule has 2 amide bonds. The SMILES string of the molecule is O=C(Cc1ccccc1)N1CCc2c([nH]c3ccc(C(=O)N(CCO)CCO)cc23)C1. The molecule has 31 heavy (non-hydrogen) atoms. The molecule has 3 aromatic rings. The summed E-state index contributed by atoms with van der Waals surface area (Å²) in [6, 6.07) is 15.3. The molecule has 7 nitrogen and oxygen atoms in total. The van der Waals surface area contributed by atoms with Gasteiger partial charge in [-0.2, -0.15) is 0 Å². The third-order valence-electron chi connectivity index (χ3n) is 5.80. The fourth-order valence-electron chi connectivity index (χ4n) is 4.21. The van der Waals surface area contributed by atoms with Crippen LogP contribution >= 0.6 is 0 Å². The van der Waals surface area contributed by atoms with Crippen molar-refractivity contribution >= 4 is 22.7 Å². The molecule has 0 radical (unpaired) electrons. The molecule has 162 valence electrons. The fraction of sp³-hybridized carbons (Fsp3) is 0.333. The minimum atomic E-state index is -0.213. The van der Waals surface area contributed by atoms with Crippen molar-refractivity contribution in [3.8, 4) is 0 Å². The Balaban J connectivity index is 1.54. The van der Waals surface area contributed by atoms with Crippen molar-refractivity contribution in [1.82, 2.24) is 14.8 Å². The summed E-state index contributed by atoms with van der Waals surface area (Å²) in [4.78, 5) is 32.3. The van der Waals surface area contributed by atoms with Gasteiger partial charge < -0.3 is 25.0 Å². The molecular weight excluding hydrogens is 394 g/mol. The Kier molecular flexibility index (Phi) is 6.34. The number of carbonyl (C=O) groups is 2. The van der Waals surface area contributed by atoms with E-state index in [-0.39, 0.29) is 38.1 Å². The van der Waals surface area contributed by atoms with Crippen LogP contribution in [0.3, 0.4) is 0 Å². The summed E-state index contributed by atoms with van der Waals surface area (Å²) in [6.45, 7) is 1.23. The van der Waals surface area contributed by atoms with Gasteiger partial charge in [0.1, 0.15) is 0 Å². The second kappa shape index (κ2) is 9.32. The largest absolute Gasteiger partial charge is 0.395 e. The number of aromatic amines is 1. The summed E-state index contributed by atoms with van der Waals surface area (Å²) in [5.41, 5.74) is 4.63. The van der Waals surface area contributed by atoms with Crippen LogP contribution in [0.5, 0.6) is 0 Å². The van der Waals surface area contributed by atoms with E-state index in [9.17, 15) is 19.8 Å². The molecule has 2 aromatic carbocycles. The van der Waals surface area contributed by atoms with Crippen molar-refractivity contribution in [2.24, 2.45) is 0 Å². The minimum absolute atomic E-state index is 0.107. The second-order valence-electron chi connectivity index (χ2n) is 7.81. The lowest BCUT2D eigenvalue weighted by atomic mass is 10.0. The van der Waals surface area contributed by atoms with Gasteiger partial charge in [0.2, 0.25) is 5.91 Å². The van der Waals surface area contributed by atoms with Crippen LogP contribution in [0.2, 0.25) is 0 Å². The Bertz CT molecular complexity index is 1070. The minimum Gasteiger partial charge on any atom is -0.395 e. The Morgan fingerprint density at radius 2 is 1.77 bits per heavy atom. The van der Waals surface area contributed by atoms with E-state index in [0.717, 1.165) is 34.1 Å². The number of fused-ring (bicyclic) bond motifs is 3. The van der Waals surface area contributed by atoms with Crippen LogP contribution in [0.4, 0.5) is 0 Å². The molecule has 0 unspecified atom stereocenters. The molecule has 0 spiro atoms. The highest BCUT2D eigenvalue weighted by molar-refractivity contribution is 5.99. The molecule has 1 aliphatic heterocycles. The molecule has 1 aromatic heterocycles. The first kappa shape index (κ1) is 21.1. The third-order valence-corrected chi connectivity index (χ3v) is 5.80. The van der Waals surface area contributed by atoms with E-state index in [1.165, 1.54) is 4.90 Å². The normalized spacial score (nSPS) is 13.3. The van der Waals surface area contributed by atoms with Gasteiger partial charge in [0, 0.05) is 41.8 Å². The smallest absolute Gasteiger partial charge is 0.254 e. The number of aromatic nitrogens is 1. The quantitative estimate of drug-likeness (QED) is 0.541. The highest BCUT2D eigenvalue weighted by atomic mass is 16.3. The van der Waals surface area contributed by atoms with Gasteiger partial charge in [0.25, 0.3) is 5.91 Å². The number of benzene rings is 2. The average molecular weight is 421 g/mol. The zero-order valence-electron chi connectivity index (χ0n) is 17.4. The summed E-state index contributed by atoms with van der Waals surface area (Å²) in [5, 5.41) is 19.4. The van der Waals surface area contributed by atoms with Gasteiger partial charge in [-0.1, -0.05) is 30.3 Å². The van der Waals surface area contributed by atoms with Crippen LogP contribution in [-0.4, -0.2) is 69.7 Å². The predicted molar refractivity (Wildman–Crippen MR) is 118 cm³/mol. The lowest BCUT2D eigenvalue weighted by Gasteiger charge is -2.27. The van der Waals surface area contributed by atoms with Crippen LogP contribution < -0.4 is 0 Å². The Morgan fingerprint density at radius 3 is 2.48 bits per heavy atom. The maximum absolute atomic E-state index is 12.8. The predicted octanol–water partition coefficient (Wildman–Crippen LogP) is 1.72. The first-order valence-corrected chi connectivity index (χ1v) is 10.6. The number of H-pyrrole nitrogens is 1. The molecule has 1 aliphatic rings. The number of nitrogens with zero attached hydrogens (tertiary/aromatic N) is 2. The maximum Gasteiger partial charge on any atom is 0.254 e. The molecule has 0 atom stereocenters. The van der Waals surface area contributed by atoms with Crippen molar-refractivity contribution in [1.29, 1.82) is 0 Å². The van der Waals surface area contributed by atoms with Crippen molar-refractivity contribution < 1.29 is 19.8 Å². The zero-order valence-corrected chi connectivity index (χ0v) is 17.4. The lowest BCUT2D eigenvalue weighted by Crippen LogP contribution is -2.36. The number of nitrogens with one attached hydrogen (secondary N) is 1. The molecule has 0 saturated carbocycles. The van der Waals surface area contributed by atoms with Crippen LogP contribution in [-0.2, 0) is 24.2 Å². The van der Waals surface area contributed by atoms with Crippen molar-refractivity contribution in [2.45, 2.75) is 19.4 Å². The van der Waals surface area contributed by atoms with E-state index in [1.54, 1.807) is 6.07 Å². The number of carbonyl (C=O) groups excluding carboxylic acids is 2. The van der Waals surface area contributed by atoms with Crippen molar-refractivity contribution in [2.75, 3.05) is 32.8 Å². The van der Waals surface area contributed by atoms with Gasteiger partial charge >= 0.3 is 0 Å². The first-order valence-electron chi connectivity index (χ1n) is 10.6. The van der Waals surface area contributed by atoms with E-state index >= 15 is 0 Å². The molecule has 7 heteroatoms. The lowest BCUT2D eigenvalue weighted by molar-refractivity contribution is -0.131. The van der Waals surface area contributed by atoms with Gasteiger partial charge in [0.15, 0.2) is 0 Å². The number of amides is 2. The fourth-order valence-corrected chi connectivity index (χ4v) is 4.21. The van der Waals surface area contributed by atoms with Gasteiger partial charge in [-0.3, -0.25) is 9.59 Å². The zero-order chi connectivity index (χ0) is 21.8. The summed E-state index contributed by atoms with van der Waals surface area (Å²) < 4.78 is 0. The Hall–Kier alpha value is -3.16. The van der Waals surface area contributed by atoms with Gasteiger partial charge in [-0.25, -0.2) is 0 Å². The summed E-state index contributed by atoms with van der Waals surface area (Å²) in [5.74, 6) is -0.106. The maximum atomic E-state index is 12.8. The Labute approximate surface area is 180 Å². The van der Waals surface area contributed by atoms with E-state index < -0.39 is 0 Å². The molecular formula is C24H27N3O4. The molecule has 2 heterocycles. The van der Waals surface area contributed by atoms with Gasteiger partial charge in [-0.15, -0.1) is 0 Å². The van der Waals surface area contributed by atoms with Crippen molar-refractivity contribution in [3.05, 3.63) is 70.9 Å². The topological polar surface area (TPSA) is 96.9 Å². The number of aliphatic hydroxyl groups is 2. The van der Waals surface area contributed by atoms with Crippen LogP contribution in [0, 0.1) is 0 Å². The number of hydrogen-bond acceptors (Lipinski definition) is 4. The summed E-state index contributed by atoms with van der Waals surface area (Å²) >= 11 is 0. The first-order chi connectivity index (χ1) is 15.1. The number of rotatable bonds is 7. The number of aliphatic hydroxyl groups excluding tert-OH is 2. The monoisotopic (exact) mass is 421 g/mol. The van der Waals surface area contributed by atoms with E-state index in [0.29, 0.717) is 25.1 Å². The highest BCUT2D eigenvalue weighted by Crippen LogP contribution is 2.29. The summed E-state index contributed by atoms with van der Waals surface area (Å²) in [6.07, 6.45) is 1.12. The van der Waals surface area contributed by atoms with Gasteiger partial charge in [0.05, 0.1) is 26.2 Å². The van der Waals surface area contributed by atoms with Crippen LogP contribution in [0.1, 0.15) is 27.2 Å². The van der Waals surface area contributed by atoms with E-state index in [4.69, 9.17) is 0 Å². The average Bonchev–Trinajstić information content (AvgIpc) is 3.16. The van der Waals surface area contributed by atoms with E-state index in [2.05, 4.69) is 4.98 Å². The standard InChI is InChI=1S/C24H27N3O4/c28-12-10-26(11-13-29)24(31)18-6-7-21-20(15-18)19-8-9-27(16-22(19)25-21)23(30)14-17-4-2-1-3-5-17/h1-7,15,25,28-29H,8-14,16H2. The van der Waals surface area contributed by atoms with Crippen LogP contribution in [0.25, 0.3) is 10.9 Å². The number of hydrogen-bond donors (Lipinski definition) is 3. The molecule has 4 rings (SSSR count). The second-order valence-corrected chi connectivity index (χ2v) is 7.81. The van der Waals surface area contributed by atoms with Crippen molar-refractivity contribution in [3.63, 3.8) is 0 Å². The van der Waals surface area contributed by atoms with Gasteiger partial charge in [-0.05, 0) is 35.7 Å². The van der Waals surface area contributed by atoms with E-state index in [1.807, 2.05) is 47.4 Å². The molecule has 0 saturated heterocycles. The molecule has 0 fully saturated rings. The highest BCUT2D eigenvalue weighted by Gasteiger charge is 2.25. The molecule has 0 bridgehead atoms. The molecule has 0 aliphatic carbocycles. The Morgan fingerprint density at radius 1 is 1.03 bits per heavy atom.